The van der Waals surface area contributed by atoms with Gasteiger partial charge in [-0.05, 0) is 110 Å². The van der Waals surface area contributed by atoms with Crippen LogP contribution in [0.25, 0.3) is 134 Å². The summed E-state index contributed by atoms with van der Waals surface area (Å²) < 4.78 is 4.72. The van der Waals surface area contributed by atoms with Crippen LogP contribution in [0.3, 0.4) is 0 Å². The fraction of sp³-hybridized carbons (Fsp3) is 0. The molecular formula is C70H46N6. The lowest BCUT2D eigenvalue weighted by molar-refractivity contribution is 1.07. The van der Waals surface area contributed by atoms with Gasteiger partial charge in [0, 0.05) is 27.8 Å². The molecule has 6 heteroatoms. The Hall–Kier alpha value is -10.3. The lowest BCUT2D eigenvalue weighted by Crippen LogP contribution is -2.04. The molecule has 0 unspecified atom stereocenters. The highest BCUT2D eigenvalue weighted by atomic mass is 15.2. The molecule has 0 aliphatic rings. The Balaban J connectivity index is 1.06. The number of nitrogens with zero attached hydrogens (tertiary/aromatic N) is 6. The molecule has 0 aliphatic heterocycles. The fourth-order valence-electron chi connectivity index (χ4n) is 10.7. The molecule has 76 heavy (non-hydrogen) atoms. The molecule has 0 bridgehead atoms. The van der Waals surface area contributed by atoms with Crippen molar-refractivity contribution in [3.05, 3.63) is 279 Å². The van der Waals surface area contributed by atoms with Gasteiger partial charge in [0.1, 0.15) is 0 Å². The number of rotatable bonds is 10. The first-order chi connectivity index (χ1) is 37.7. The zero-order chi connectivity index (χ0) is 50.4. The third kappa shape index (κ3) is 8.11. The van der Waals surface area contributed by atoms with Crippen LogP contribution in [0.4, 0.5) is 0 Å². The van der Waals surface area contributed by atoms with Gasteiger partial charge in [-0.1, -0.05) is 224 Å². The third-order valence-corrected chi connectivity index (χ3v) is 14.3. The molecule has 6 nitrogen and oxygen atoms in total. The molecule has 0 amide bonds. The van der Waals surface area contributed by atoms with E-state index in [2.05, 4.69) is 270 Å². The van der Waals surface area contributed by atoms with Crippen LogP contribution < -0.4 is 0 Å². The average Bonchev–Trinajstić information content (AvgIpc) is 4.15. The molecule has 0 atom stereocenters. The number of imidazole rings is 2. The summed E-state index contributed by atoms with van der Waals surface area (Å²) in [4.78, 5) is 21.7. The van der Waals surface area contributed by atoms with Crippen molar-refractivity contribution in [2.24, 2.45) is 0 Å². The van der Waals surface area contributed by atoms with Gasteiger partial charge in [-0.15, -0.1) is 0 Å². The van der Waals surface area contributed by atoms with Gasteiger partial charge in [0.15, 0.2) is 17.5 Å². The maximum atomic E-state index is 5.56. The summed E-state index contributed by atoms with van der Waals surface area (Å²) in [6.07, 6.45) is 0. The first-order valence-electron chi connectivity index (χ1n) is 25.6. The van der Waals surface area contributed by atoms with Crippen molar-refractivity contribution in [1.29, 1.82) is 0 Å². The van der Waals surface area contributed by atoms with E-state index in [1.165, 1.54) is 0 Å². The summed E-state index contributed by atoms with van der Waals surface area (Å²) >= 11 is 0. The lowest BCUT2D eigenvalue weighted by Gasteiger charge is -2.20. The van der Waals surface area contributed by atoms with Crippen molar-refractivity contribution in [2.75, 3.05) is 0 Å². The summed E-state index contributed by atoms with van der Waals surface area (Å²) in [5.41, 5.74) is 20.7. The smallest absolute Gasteiger partial charge is 0.220 e. The summed E-state index contributed by atoms with van der Waals surface area (Å²) in [5, 5.41) is 0. The maximum Gasteiger partial charge on any atom is 0.220 e. The minimum absolute atomic E-state index is 0.561. The lowest BCUT2D eigenvalue weighted by atomic mass is 9.92. The van der Waals surface area contributed by atoms with Crippen LogP contribution in [0, 0.1) is 0 Å². The maximum absolute atomic E-state index is 5.56. The van der Waals surface area contributed by atoms with Gasteiger partial charge >= 0.3 is 0 Å². The molecule has 14 aromatic rings. The van der Waals surface area contributed by atoms with Crippen LogP contribution in [0.15, 0.2) is 279 Å². The molecule has 3 heterocycles. The number of benzene rings is 11. The molecular weight excluding hydrogens is 925 g/mol. The summed E-state index contributed by atoms with van der Waals surface area (Å²) in [6, 6.07) is 98.4. The minimum atomic E-state index is 0.561. The molecule has 14 rings (SSSR count). The molecule has 0 saturated heterocycles. The molecule has 0 fully saturated rings. The number of fused-ring (bicyclic) bond motifs is 5. The molecule has 0 aliphatic carbocycles. The van der Waals surface area contributed by atoms with E-state index in [1.807, 2.05) is 18.2 Å². The highest BCUT2D eigenvalue weighted by Gasteiger charge is 2.26. The van der Waals surface area contributed by atoms with Gasteiger partial charge in [0.2, 0.25) is 5.78 Å². The molecule has 0 N–H and O–H groups in total. The Morgan fingerprint density at radius 1 is 0.224 bits per heavy atom. The van der Waals surface area contributed by atoms with E-state index in [9.17, 15) is 0 Å². The van der Waals surface area contributed by atoms with E-state index >= 15 is 0 Å². The van der Waals surface area contributed by atoms with Gasteiger partial charge in [-0.3, -0.25) is 8.97 Å². The van der Waals surface area contributed by atoms with Crippen molar-refractivity contribution >= 4 is 27.8 Å². The van der Waals surface area contributed by atoms with Gasteiger partial charge in [-0.2, -0.15) is 0 Å². The second-order valence-corrected chi connectivity index (χ2v) is 19.1. The number of hydrogen-bond acceptors (Lipinski definition) is 4. The second kappa shape index (κ2) is 19.0. The van der Waals surface area contributed by atoms with Gasteiger partial charge in [0.05, 0.1) is 27.8 Å². The molecule has 0 radical (unpaired) electrons. The summed E-state index contributed by atoms with van der Waals surface area (Å²) in [6.45, 7) is 0. The molecule has 0 saturated carbocycles. The van der Waals surface area contributed by atoms with Gasteiger partial charge < -0.3 is 0 Å². The van der Waals surface area contributed by atoms with E-state index in [0.29, 0.717) is 17.5 Å². The molecule has 11 aromatic carbocycles. The van der Waals surface area contributed by atoms with Crippen LogP contribution in [0.2, 0.25) is 0 Å². The van der Waals surface area contributed by atoms with Crippen molar-refractivity contribution in [1.82, 2.24) is 28.9 Å². The highest BCUT2D eigenvalue weighted by Crippen LogP contribution is 2.44. The van der Waals surface area contributed by atoms with E-state index in [4.69, 9.17) is 19.9 Å². The molecule has 356 valence electrons. The third-order valence-electron chi connectivity index (χ3n) is 14.3. The van der Waals surface area contributed by atoms with Crippen molar-refractivity contribution in [3.8, 4) is 107 Å². The predicted molar refractivity (Wildman–Crippen MR) is 312 cm³/mol. The zero-order valence-corrected chi connectivity index (χ0v) is 41.2. The van der Waals surface area contributed by atoms with Crippen LogP contribution in [0.1, 0.15) is 0 Å². The number of hydrogen-bond donors (Lipinski definition) is 0. The second-order valence-electron chi connectivity index (χ2n) is 19.1. The Bertz CT molecular complexity index is 4290. The first kappa shape index (κ1) is 44.4. The van der Waals surface area contributed by atoms with E-state index in [0.717, 1.165) is 117 Å². The average molecular weight is 971 g/mol. The summed E-state index contributed by atoms with van der Waals surface area (Å²) in [5.74, 6) is 2.54. The predicted octanol–water partition coefficient (Wildman–Crippen LogP) is 17.6. The van der Waals surface area contributed by atoms with E-state index in [-0.39, 0.29) is 0 Å². The van der Waals surface area contributed by atoms with E-state index < -0.39 is 0 Å². The normalized spacial score (nSPS) is 11.4. The minimum Gasteiger partial charge on any atom is -0.277 e. The quantitative estimate of drug-likeness (QED) is 0.137. The van der Waals surface area contributed by atoms with Crippen molar-refractivity contribution in [2.45, 2.75) is 0 Å². The Morgan fingerprint density at radius 2 is 0.579 bits per heavy atom. The highest BCUT2D eigenvalue weighted by molar-refractivity contribution is 6.00. The summed E-state index contributed by atoms with van der Waals surface area (Å²) in [7, 11) is 0. The topological polar surface area (TPSA) is 60.9 Å². The van der Waals surface area contributed by atoms with Crippen LogP contribution in [0.5, 0.6) is 0 Å². The van der Waals surface area contributed by atoms with Crippen LogP contribution >= 0.6 is 0 Å². The van der Waals surface area contributed by atoms with Crippen molar-refractivity contribution < 1.29 is 0 Å². The monoisotopic (exact) mass is 970 g/mol. The number of aromatic nitrogens is 6. The zero-order valence-electron chi connectivity index (χ0n) is 41.2. The van der Waals surface area contributed by atoms with Crippen LogP contribution in [-0.2, 0) is 0 Å². The largest absolute Gasteiger partial charge is 0.277 e. The standard InChI is InChI=1S/C70H46N6/c1-8-22-47(23-9-1)54-36-38-62-64(45-54)75-65-46-55(48-24-10-2-11-25-48)37-39-63(65)76(70(75)71-62)66-60(51-30-16-5-17-31-51)43-59(44-61(66)52-32-18-6-19-33-52)69-73-67(53-34-20-7-21-35-53)72-68(74-69)58-41-56(49-26-12-3-13-27-49)40-57(42-58)50-28-14-4-15-29-50/h1-46H. The Morgan fingerprint density at radius 3 is 1.04 bits per heavy atom. The Labute approximate surface area is 440 Å². The van der Waals surface area contributed by atoms with Gasteiger partial charge in [-0.25, -0.2) is 19.9 Å². The van der Waals surface area contributed by atoms with Crippen LogP contribution in [-0.4, -0.2) is 28.9 Å². The molecule has 3 aromatic heterocycles. The van der Waals surface area contributed by atoms with Crippen molar-refractivity contribution in [3.63, 3.8) is 0 Å². The Kier molecular flexibility index (Phi) is 11.1. The van der Waals surface area contributed by atoms with E-state index in [1.54, 1.807) is 0 Å². The molecule has 0 spiro atoms. The SMILES string of the molecule is c1ccc(-c2cc(-c3ccccc3)cc(-c3nc(-c4ccccc4)nc(-c4cc(-c5ccccc5)c(-n5c6ccc(-c7ccccc7)cc6n6c7cc(-c8ccccc8)ccc7nc56)c(-c5ccccc5)c4)n3)c2)cc1. The first-order valence-corrected chi connectivity index (χ1v) is 25.6. The fourth-order valence-corrected chi connectivity index (χ4v) is 10.7. The van der Waals surface area contributed by atoms with Gasteiger partial charge in [0.25, 0.3) is 0 Å².